The molecule has 132 valence electrons. The number of rotatable bonds is 1. The molecular weight excluding hydrogens is 318 g/mol. The van der Waals surface area contributed by atoms with Crippen molar-refractivity contribution in [2.45, 2.75) is 33.7 Å². The van der Waals surface area contributed by atoms with Crippen LogP contribution < -0.4 is 15.4 Å². The lowest BCUT2D eigenvalue weighted by Gasteiger charge is -2.29. The fourth-order valence-corrected chi connectivity index (χ4v) is 3.06. The SMILES string of the molecule is CC.Cc1nc(N2CCOc3ccnc(N)c3C2C)c2cn[nH]c2n1. The monoisotopic (exact) mass is 341 g/mol. The van der Waals surface area contributed by atoms with Gasteiger partial charge < -0.3 is 15.4 Å². The summed E-state index contributed by atoms with van der Waals surface area (Å²) in [4.78, 5) is 15.4. The van der Waals surface area contributed by atoms with Gasteiger partial charge in [0.2, 0.25) is 0 Å². The average Bonchev–Trinajstić information content (AvgIpc) is 3.00. The molecule has 1 unspecified atom stereocenters. The third kappa shape index (κ3) is 2.95. The lowest BCUT2D eigenvalue weighted by atomic mass is 10.1. The van der Waals surface area contributed by atoms with E-state index in [1.54, 1.807) is 12.4 Å². The number of pyridine rings is 1. The Kier molecular flexibility index (Phi) is 4.69. The number of H-pyrrole nitrogens is 1. The van der Waals surface area contributed by atoms with Crippen molar-refractivity contribution in [3.8, 4) is 5.75 Å². The van der Waals surface area contributed by atoms with Gasteiger partial charge in [-0.15, -0.1) is 0 Å². The van der Waals surface area contributed by atoms with Gasteiger partial charge in [0.15, 0.2) is 5.65 Å². The van der Waals surface area contributed by atoms with Crippen LogP contribution in [0.1, 0.15) is 38.2 Å². The maximum absolute atomic E-state index is 6.10. The molecule has 1 aliphatic heterocycles. The van der Waals surface area contributed by atoms with E-state index in [0.717, 1.165) is 28.2 Å². The molecule has 0 spiro atoms. The van der Waals surface area contributed by atoms with Crippen molar-refractivity contribution in [2.24, 2.45) is 0 Å². The predicted octanol–water partition coefficient (Wildman–Crippen LogP) is 2.62. The van der Waals surface area contributed by atoms with Crippen LogP contribution in [0.15, 0.2) is 18.5 Å². The van der Waals surface area contributed by atoms with Crippen molar-refractivity contribution >= 4 is 22.7 Å². The Hall–Kier alpha value is -2.90. The maximum atomic E-state index is 6.10. The third-order valence-corrected chi connectivity index (χ3v) is 4.13. The summed E-state index contributed by atoms with van der Waals surface area (Å²) in [6.07, 6.45) is 3.41. The van der Waals surface area contributed by atoms with Crippen molar-refractivity contribution in [1.29, 1.82) is 0 Å². The van der Waals surface area contributed by atoms with Crippen molar-refractivity contribution in [3.05, 3.63) is 29.8 Å². The van der Waals surface area contributed by atoms with Gasteiger partial charge in [-0.05, 0) is 19.9 Å². The normalized spacial score (nSPS) is 16.5. The van der Waals surface area contributed by atoms with Gasteiger partial charge in [0, 0.05) is 6.20 Å². The molecule has 1 aliphatic rings. The first-order valence-electron chi connectivity index (χ1n) is 8.46. The molecule has 0 amide bonds. The molecule has 0 saturated carbocycles. The molecule has 1 atom stereocenters. The Bertz CT molecular complexity index is 877. The molecule has 8 nitrogen and oxygen atoms in total. The summed E-state index contributed by atoms with van der Waals surface area (Å²) in [7, 11) is 0. The van der Waals surface area contributed by atoms with Crippen LogP contribution in [0.4, 0.5) is 11.6 Å². The number of hydrogen-bond acceptors (Lipinski definition) is 7. The van der Waals surface area contributed by atoms with E-state index in [1.165, 1.54) is 0 Å². The van der Waals surface area contributed by atoms with Crippen molar-refractivity contribution in [3.63, 3.8) is 0 Å². The molecule has 3 aromatic heterocycles. The molecule has 0 aromatic carbocycles. The Morgan fingerprint density at radius 2 is 2.12 bits per heavy atom. The van der Waals surface area contributed by atoms with E-state index in [9.17, 15) is 0 Å². The molecule has 0 saturated heterocycles. The number of nitrogens with zero attached hydrogens (tertiary/aromatic N) is 5. The van der Waals surface area contributed by atoms with Crippen LogP contribution in [-0.4, -0.2) is 38.3 Å². The maximum Gasteiger partial charge on any atom is 0.161 e. The molecule has 0 aliphatic carbocycles. The van der Waals surface area contributed by atoms with Gasteiger partial charge in [0.05, 0.1) is 29.7 Å². The molecule has 0 fully saturated rings. The predicted molar refractivity (Wildman–Crippen MR) is 97.7 cm³/mol. The Morgan fingerprint density at radius 3 is 2.92 bits per heavy atom. The number of nitrogen functional groups attached to an aromatic ring is 1. The van der Waals surface area contributed by atoms with Crippen LogP contribution in [0.3, 0.4) is 0 Å². The van der Waals surface area contributed by atoms with Crippen LogP contribution in [-0.2, 0) is 0 Å². The number of aromatic amines is 1. The van der Waals surface area contributed by atoms with Gasteiger partial charge in [-0.25, -0.2) is 15.0 Å². The van der Waals surface area contributed by atoms with E-state index in [1.807, 2.05) is 26.8 Å². The second-order valence-electron chi connectivity index (χ2n) is 5.55. The molecule has 0 bridgehead atoms. The number of nitrogens with two attached hydrogens (primary N) is 1. The quantitative estimate of drug-likeness (QED) is 0.700. The number of nitrogens with one attached hydrogen (secondary N) is 1. The van der Waals surface area contributed by atoms with Crippen LogP contribution >= 0.6 is 0 Å². The van der Waals surface area contributed by atoms with Crippen molar-refractivity contribution in [1.82, 2.24) is 25.1 Å². The highest BCUT2D eigenvalue weighted by Gasteiger charge is 2.28. The first kappa shape index (κ1) is 16.9. The highest BCUT2D eigenvalue weighted by Crippen LogP contribution is 2.38. The first-order chi connectivity index (χ1) is 12.1. The highest BCUT2D eigenvalue weighted by atomic mass is 16.5. The first-order valence-corrected chi connectivity index (χ1v) is 8.46. The third-order valence-electron chi connectivity index (χ3n) is 4.13. The molecular formula is C17H23N7O. The number of hydrogen-bond donors (Lipinski definition) is 2. The molecule has 3 aromatic rings. The van der Waals surface area contributed by atoms with E-state index in [-0.39, 0.29) is 6.04 Å². The second-order valence-corrected chi connectivity index (χ2v) is 5.55. The molecule has 4 rings (SSSR count). The van der Waals surface area contributed by atoms with E-state index in [0.29, 0.717) is 24.8 Å². The molecule has 3 N–H and O–H groups in total. The number of aryl methyl sites for hydroxylation is 1. The Labute approximate surface area is 146 Å². The smallest absolute Gasteiger partial charge is 0.161 e. The van der Waals surface area contributed by atoms with E-state index in [2.05, 4.69) is 37.0 Å². The molecule has 25 heavy (non-hydrogen) atoms. The summed E-state index contributed by atoms with van der Waals surface area (Å²) in [5.74, 6) is 2.78. The minimum Gasteiger partial charge on any atom is -0.491 e. The second kappa shape index (κ2) is 6.92. The van der Waals surface area contributed by atoms with E-state index >= 15 is 0 Å². The average molecular weight is 341 g/mol. The Balaban J connectivity index is 0.000000880. The summed E-state index contributed by atoms with van der Waals surface area (Å²) >= 11 is 0. The lowest BCUT2D eigenvalue weighted by molar-refractivity contribution is 0.331. The number of aromatic nitrogens is 5. The summed E-state index contributed by atoms with van der Waals surface area (Å²) in [5, 5.41) is 7.87. The van der Waals surface area contributed by atoms with E-state index < -0.39 is 0 Å². The summed E-state index contributed by atoms with van der Waals surface area (Å²) in [5.41, 5.74) is 7.71. The zero-order chi connectivity index (χ0) is 18.0. The van der Waals surface area contributed by atoms with Gasteiger partial charge in [-0.2, -0.15) is 5.10 Å². The largest absolute Gasteiger partial charge is 0.491 e. The minimum atomic E-state index is -0.0198. The fourth-order valence-electron chi connectivity index (χ4n) is 3.06. The van der Waals surface area contributed by atoms with Crippen molar-refractivity contribution < 1.29 is 4.74 Å². The zero-order valence-electron chi connectivity index (χ0n) is 14.9. The van der Waals surface area contributed by atoms with Gasteiger partial charge in [0.1, 0.15) is 29.8 Å². The van der Waals surface area contributed by atoms with Crippen molar-refractivity contribution in [2.75, 3.05) is 23.8 Å². The minimum absolute atomic E-state index is 0.0198. The van der Waals surface area contributed by atoms with Gasteiger partial charge in [-0.1, -0.05) is 13.8 Å². The standard InChI is InChI=1S/C15H17N7O.C2H6/c1-8-12-11(3-4-17-13(12)16)23-6-5-22(8)15-10-7-18-21-14(10)19-9(2)20-15;1-2/h3-4,7-8H,5-6H2,1-2H3,(H2,16,17)(H,18,19,20,21);1-2H3. The van der Waals surface area contributed by atoms with Gasteiger partial charge in [0.25, 0.3) is 0 Å². The fraction of sp³-hybridized carbons (Fsp3) is 0.412. The molecule has 4 heterocycles. The lowest BCUT2D eigenvalue weighted by Crippen LogP contribution is -2.30. The highest BCUT2D eigenvalue weighted by molar-refractivity contribution is 5.86. The summed E-state index contributed by atoms with van der Waals surface area (Å²) < 4.78 is 5.85. The number of anilines is 2. The van der Waals surface area contributed by atoms with Crippen LogP contribution in [0.2, 0.25) is 0 Å². The van der Waals surface area contributed by atoms with Crippen LogP contribution in [0.25, 0.3) is 11.0 Å². The summed E-state index contributed by atoms with van der Waals surface area (Å²) in [6.45, 7) is 9.18. The number of fused-ring (bicyclic) bond motifs is 2. The zero-order valence-corrected chi connectivity index (χ0v) is 14.9. The topological polar surface area (TPSA) is 106 Å². The van der Waals surface area contributed by atoms with Gasteiger partial charge in [-0.3, -0.25) is 5.10 Å². The van der Waals surface area contributed by atoms with Crippen LogP contribution in [0, 0.1) is 6.92 Å². The number of ether oxygens (including phenoxy) is 1. The van der Waals surface area contributed by atoms with Gasteiger partial charge >= 0.3 is 0 Å². The Morgan fingerprint density at radius 1 is 1.32 bits per heavy atom. The molecule has 8 heteroatoms. The van der Waals surface area contributed by atoms with E-state index in [4.69, 9.17) is 10.5 Å². The molecule has 0 radical (unpaired) electrons. The van der Waals surface area contributed by atoms with Crippen LogP contribution in [0.5, 0.6) is 5.75 Å². The summed E-state index contributed by atoms with van der Waals surface area (Å²) in [6, 6.07) is 1.83.